The van der Waals surface area contributed by atoms with E-state index in [4.69, 9.17) is 14.2 Å². The Morgan fingerprint density at radius 2 is 0.585 bits per heavy atom. The SMILES string of the molecule is CCCCCCCCCCCCCCCCCCCCC(=O)O[C@@H](COC(=O)CCCCCCCCCCCCCCCCC(C)C)COC(=O)CCCCCCCCCCC(C)CC. The van der Waals surface area contributed by atoms with Gasteiger partial charge in [0.05, 0.1) is 0 Å². The van der Waals surface area contributed by atoms with Crippen LogP contribution in [0.4, 0.5) is 0 Å². The average Bonchev–Trinajstić information content (AvgIpc) is 3.29. The lowest BCUT2D eigenvalue weighted by Gasteiger charge is -2.18. The van der Waals surface area contributed by atoms with Gasteiger partial charge in [0.15, 0.2) is 6.10 Å². The second kappa shape index (κ2) is 51.8. The predicted octanol–water partition coefficient (Wildman–Crippen LogP) is 19.3. The Kier molecular flexibility index (Phi) is 50.5. The molecule has 1 unspecified atom stereocenters. The molecule has 0 heterocycles. The Balaban J connectivity index is 4.28. The molecule has 6 nitrogen and oxygen atoms in total. The van der Waals surface area contributed by atoms with E-state index in [9.17, 15) is 14.4 Å². The molecule has 0 aromatic rings. The summed E-state index contributed by atoms with van der Waals surface area (Å²) in [7, 11) is 0. The van der Waals surface area contributed by atoms with E-state index in [0.717, 1.165) is 69.6 Å². The number of esters is 3. The summed E-state index contributed by atoms with van der Waals surface area (Å²) in [6.07, 6.45) is 55.2. The van der Waals surface area contributed by atoms with Gasteiger partial charge in [0.1, 0.15) is 13.2 Å². The monoisotopic (exact) mass is 919 g/mol. The van der Waals surface area contributed by atoms with Crippen LogP contribution in [0.25, 0.3) is 0 Å². The molecule has 0 spiro atoms. The molecule has 65 heavy (non-hydrogen) atoms. The molecule has 0 aromatic heterocycles. The highest BCUT2D eigenvalue weighted by atomic mass is 16.6. The Morgan fingerprint density at radius 1 is 0.323 bits per heavy atom. The highest BCUT2D eigenvalue weighted by Gasteiger charge is 2.19. The van der Waals surface area contributed by atoms with E-state index in [1.54, 1.807) is 0 Å². The predicted molar refractivity (Wildman–Crippen MR) is 280 cm³/mol. The van der Waals surface area contributed by atoms with Gasteiger partial charge in [-0.25, -0.2) is 0 Å². The van der Waals surface area contributed by atoms with Crippen molar-refractivity contribution in [2.45, 2.75) is 336 Å². The molecule has 6 heteroatoms. The number of rotatable bonds is 53. The van der Waals surface area contributed by atoms with Gasteiger partial charge in [0, 0.05) is 19.3 Å². The third-order valence-corrected chi connectivity index (χ3v) is 13.8. The van der Waals surface area contributed by atoms with Crippen LogP contribution in [0.2, 0.25) is 0 Å². The first kappa shape index (κ1) is 63.4. The van der Waals surface area contributed by atoms with Gasteiger partial charge in [-0.3, -0.25) is 14.4 Å². The zero-order valence-electron chi connectivity index (χ0n) is 44.6. The first-order chi connectivity index (χ1) is 31.8. The molecule has 0 saturated carbocycles. The van der Waals surface area contributed by atoms with Crippen LogP contribution in [0.5, 0.6) is 0 Å². The number of hydrogen-bond donors (Lipinski definition) is 0. The van der Waals surface area contributed by atoms with Crippen molar-refractivity contribution >= 4 is 17.9 Å². The van der Waals surface area contributed by atoms with Crippen LogP contribution in [-0.4, -0.2) is 37.2 Å². The van der Waals surface area contributed by atoms with Crippen molar-refractivity contribution in [3.63, 3.8) is 0 Å². The standard InChI is InChI=1S/C59H114O6/c1-6-8-9-10-11-12-13-14-15-16-17-18-23-26-29-36-41-46-51-59(62)65-56(53-64-58(61)50-45-40-35-31-30-33-38-43-48-55(5)7-2)52-63-57(60)49-44-39-34-28-25-22-20-19-21-24-27-32-37-42-47-54(3)4/h54-56H,6-53H2,1-5H3/t55?,56-/m0/s1. The van der Waals surface area contributed by atoms with Crippen LogP contribution in [-0.2, 0) is 28.6 Å². The highest BCUT2D eigenvalue weighted by molar-refractivity contribution is 5.71. The number of unbranched alkanes of at least 4 members (excludes halogenated alkanes) is 37. The lowest BCUT2D eigenvalue weighted by atomic mass is 9.99. The highest BCUT2D eigenvalue weighted by Crippen LogP contribution is 2.19. The van der Waals surface area contributed by atoms with Crippen LogP contribution < -0.4 is 0 Å². The van der Waals surface area contributed by atoms with Crippen molar-refractivity contribution in [2.24, 2.45) is 11.8 Å². The summed E-state index contributed by atoms with van der Waals surface area (Å²) in [6.45, 7) is 11.4. The Hall–Kier alpha value is -1.59. The number of carbonyl (C=O) groups is 3. The van der Waals surface area contributed by atoms with E-state index < -0.39 is 6.10 Å². The maximum Gasteiger partial charge on any atom is 0.306 e. The topological polar surface area (TPSA) is 78.9 Å². The fourth-order valence-electron chi connectivity index (χ4n) is 9.02. The van der Waals surface area contributed by atoms with Gasteiger partial charge >= 0.3 is 17.9 Å². The second-order valence-electron chi connectivity index (χ2n) is 21.0. The first-order valence-corrected chi connectivity index (χ1v) is 29.3. The summed E-state index contributed by atoms with van der Waals surface area (Å²) >= 11 is 0. The molecule has 0 fully saturated rings. The maximum absolute atomic E-state index is 12.9. The summed E-state index contributed by atoms with van der Waals surface area (Å²) in [5, 5.41) is 0. The minimum absolute atomic E-state index is 0.0630. The van der Waals surface area contributed by atoms with Crippen LogP contribution >= 0.6 is 0 Å². The van der Waals surface area contributed by atoms with Gasteiger partial charge < -0.3 is 14.2 Å². The fraction of sp³-hybridized carbons (Fsp3) is 0.949. The molecule has 0 aliphatic rings. The van der Waals surface area contributed by atoms with Crippen molar-refractivity contribution in [3.8, 4) is 0 Å². The molecule has 0 radical (unpaired) electrons. The molecule has 386 valence electrons. The zero-order valence-corrected chi connectivity index (χ0v) is 44.6. The van der Waals surface area contributed by atoms with Crippen molar-refractivity contribution in [3.05, 3.63) is 0 Å². The molecule has 0 aromatic carbocycles. The molecule has 0 saturated heterocycles. The maximum atomic E-state index is 12.9. The van der Waals surface area contributed by atoms with E-state index in [1.807, 2.05) is 0 Å². The van der Waals surface area contributed by atoms with E-state index >= 15 is 0 Å². The lowest BCUT2D eigenvalue weighted by molar-refractivity contribution is -0.167. The van der Waals surface area contributed by atoms with Crippen LogP contribution in [0.15, 0.2) is 0 Å². The third-order valence-electron chi connectivity index (χ3n) is 13.8. The van der Waals surface area contributed by atoms with Crippen LogP contribution in [0.3, 0.4) is 0 Å². The minimum atomic E-state index is -0.763. The van der Waals surface area contributed by atoms with Gasteiger partial charge in [-0.15, -0.1) is 0 Å². The summed E-state index contributed by atoms with van der Waals surface area (Å²) in [6, 6.07) is 0. The summed E-state index contributed by atoms with van der Waals surface area (Å²) in [5.41, 5.74) is 0. The third kappa shape index (κ3) is 51.6. The normalized spacial score (nSPS) is 12.5. The van der Waals surface area contributed by atoms with Crippen molar-refractivity contribution in [2.75, 3.05) is 13.2 Å². The summed E-state index contributed by atoms with van der Waals surface area (Å²) in [4.78, 5) is 38.1. The molecule has 0 rings (SSSR count). The minimum Gasteiger partial charge on any atom is -0.462 e. The van der Waals surface area contributed by atoms with E-state index in [-0.39, 0.29) is 31.1 Å². The quantitative estimate of drug-likeness (QED) is 0.0344. The molecule has 0 bridgehead atoms. The molecule has 0 N–H and O–H groups in total. The number of carbonyl (C=O) groups excluding carboxylic acids is 3. The zero-order chi connectivity index (χ0) is 47.5. The smallest absolute Gasteiger partial charge is 0.306 e. The van der Waals surface area contributed by atoms with E-state index in [1.165, 1.54) is 218 Å². The van der Waals surface area contributed by atoms with Gasteiger partial charge in [0.25, 0.3) is 0 Å². The molecular weight excluding hydrogens is 805 g/mol. The van der Waals surface area contributed by atoms with Gasteiger partial charge in [0.2, 0.25) is 0 Å². The summed E-state index contributed by atoms with van der Waals surface area (Å²) in [5.74, 6) is 0.852. The second-order valence-corrected chi connectivity index (χ2v) is 21.0. The van der Waals surface area contributed by atoms with Gasteiger partial charge in [-0.05, 0) is 31.1 Å². The van der Waals surface area contributed by atoms with Crippen molar-refractivity contribution < 1.29 is 28.6 Å². The first-order valence-electron chi connectivity index (χ1n) is 29.3. The molecule has 0 amide bonds. The van der Waals surface area contributed by atoms with Gasteiger partial charge in [-0.1, -0.05) is 291 Å². The molecule has 0 aliphatic heterocycles. The van der Waals surface area contributed by atoms with Crippen molar-refractivity contribution in [1.82, 2.24) is 0 Å². The number of ether oxygens (including phenoxy) is 3. The Labute approximate surface area is 406 Å². The van der Waals surface area contributed by atoms with Crippen molar-refractivity contribution in [1.29, 1.82) is 0 Å². The largest absolute Gasteiger partial charge is 0.462 e. The Bertz CT molecular complexity index is 995. The van der Waals surface area contributed by atoms with Gasteiger partial charge in [-0.2, -0.15) is 0 Å². The van der Waals surface area contributed by atoms with Crippen LogP contribution in [0.1, 0.15) is 330 Å². The van der Waals surface area contributed by atoms with E-state index in [0.29, 0.717) is 19.3 Å². The Morgan fingerprint density at radius 3 is 0.877 bits per heavy atom. The van der Waals surface area contributed by atoms with E-state index in [2.05, 4.69) is 34.6 Å². The average molecular weight is 920 g/mol. The lowest BCUT2D eigenvalue weighted by Crippen LogP contribution is -2.30. The molecule has 2 atom stereocenters. The van der Waals surface area contributed by atoms with Crippen LogP contribution in [0, 0.1) is 11.8 Å². The molecule has 0 aliphatic carbocycles. The molecular formula is C59H114O6. The fourth-order valence-corrected chi connectivity index (χ4v) is 9.02. The summed E-state index contributed by atoms with van der Waals surface area (Å²) < 4.78 is 16.9. The number of hydrogen-bond acceptors (Lipinski definition) is 6.